The molecule has 1 aromatic heterocycles. The molecule has 144 valence electrons. The Labute approximate surface area is 162 Å². The van der Waals surface area contributed by atoms with E-state index in [0.29, 0.717) is 41.9 Å². The lowest BCUT2D eigenvalue weighted by molar-refractivity contribution is -0.149. The van der Waals surface area contributed by atoms with E-state index in [1.807, 2.05) is 18.2 Å². The fourth-order valence-electron chi connectivity index (χ4n) is 3.41. The quantitative estimate of drug-likeness (QED) is 0.775. The maximum atomic E-state index is 12.3. The van der Waals surface area contributed by atoms with E-state index in [0.717, 1.165) is 18.4 Å². The number of oxazole rings is 1. The first-order chi connectivity index (χ1) is 12.9. The van der Waals surface area contributed by atoms with E-state index in [4.69, 9.17) is 16.0 Å². The van der Waals surface area contributed by atoms with Crippen LogP contribution < -0.4 is 5.32 Å². The summed E-state index contributed by atoms with van der Waals surface area (Å²) >= 11 is 6.15. The Morgan fingerprint density at radius 3 is 2.70 bits per heavy atom. The Morgan fingerprint density at radius 2 is 2.04 bits per heavy atom. The van der Waals surface area contributed by atoms with Gasteiger partial charge in [0.1, 0.15) is 5.54 Å². The molecule has 0 bridgehead atoms. The van der Waals surface area contributed by atoms with Crippen LogP contribution in [0.1, 0.15) is 44.9 Å². The Bertz CT molecular complexity index is 825. The zero-order chi connectivity index (χ0) is 19.4. The molecular formula is C20H23ClN2O4. The van der Waals surface area contributed by atoms with Crippen molar-refractivity contribution in [1.82, 2.24) is 10.3 Å². The lowest BCUT2D eigenvalue weighted by atomic mass is 9.77. The van der Waals surface area contributed by atoms with Gasteiger partial charge in [-0.15, -0.1) is 0 Å². The molecule has 3 rings (SSSR count). The number of aliphatic carboxylic acids is 1. The van der Waals surface area contributed by atoms with Gasteiger partial charge in [0.15, 0.2) is 11.7 Å². The molecule has 0 spiro atoms. The number of carbonyl (C=O) groups excluding carboxylic acids is 1. The van der Waals surface area contributed by atoms with Crippen LogP contribution in [0.3, 0.4) is 0 Å². The number of halogens is 1. The maximum absolute atomic E-state index is 12.3. The van der Waals surface area contributed by atoms with Gasteiger partial charge in [-0.1, -0.05) is 30.7 Å². The number of hydrogen-bond acceptors (Lipinski definition) is 4. The van der Waals surface area contributed by atoms with E-state index < -0.39 is 11.5 Å². The average Bonchev–Trinajstić information content (AvgIpc) is 3.11. The molecule has 0 atom stereocenters. The molecule has 0 unspecified atom stereocenters. The van der Waals surface area contributed by atoms with Crippen molar-refractivity contribution in [3.05, 3.63) is 41.4 Å². The molecular weight excluding hydrogens is 368 g/mol. The fraction of sp³-hybridized carbons (Fsp3) is 0.450. The smallest absolute Gasteiger partial charge is 0.329 e. The first kappa shape index (κ1) is 19.4. The molecule has 2 N–H and O–H groups in total. The number of nitrogens with one attached hydrogen (secondary N) is 1. The van der Waals surface area contributed by atoms with E-state index in [9.17, 15) is 14.7 Å². The summed E-state index contributed by atoms with van der Waals surface area (Å²) in [6, 6.07) is 7.29. The van der Waals surface area contributed by atoms with Gasteiger partial charge >= 0.3 is 5.97 Å². The average molecular weight is 391 g/mol. The van der Waals surface area contributed by atoms with Crippen LogP contribution in [0.15, 0.2) is 34.9 Å². The molecule has 7 heteroatoms. The fourth-order valence-corrected chi connectivity index (χ4v) is 3.64. The number of carbonyl (C=O) groups is 2. The zero-order valence-electron chi connectivity index (χ0n) is 15.2. The molecule has 2 aromatic rings. The number of carboxylic acids is 1. The molecule has 1 aliphatic carbocycles. The molecule has 1 amide bonds. The van der Waals surface area contributed by atoms with Crippen molar-refractivity contribution in [2.75, 3.05) is 0 Å². The Balaban J connectivity index is 1.59. The van der Waals surface area contributed by atoms with Crippen LogP contribution in [0, 0.1) is 5.92 Å². The first-order valence-electron chi connectivity index (χ1n) is 9.13. The SMILES string of the molecule is CC1CCC(NC(=O)CCc2ncc(-c3ccccc3Cl)o2)(C(=O)O)CC1. The number of nitrogens with zero attached hydrogens (tertiary/aromatic N) is 1. The van der Waals surface area contributed by atoms with E-state index in [2.05, 4.69) is 17.2 Å². The van der Waals surface area contributed by atoms with E-state index in [-0.39, 0.29) is 12.3 Å². The molecule has 1 aliphatic rings. The van der Waals surface area contributed by atoms with Gasteiger partial charge in [0.05, 0.1) is 11.2 Å². The van der Waals surface area contributed by atoms with Gasteiger partial charge in [0, 0.05) is 18.4 Å². The second-order valence-electron chi connectivity index (χ2n) is 7.22. The third-order valence-electron chi connectivity index (χ3n) is 5.17. The van der Waals surface area contributed by atoms with Crippen molar-refractivity contribution in [2.45, 2.75) is 51.0 Å². The van der Waals surface area contributed by atoms with Crippen molar-refractivity contribution in [1.29, 1.82) is 0 Å². The van der Waals surface area contributed by atoms with Crippen LogP contribution >= 0.6 is 11.6 Å². The minimum absolute atomic E-state index is 0.118. The molecule has 0 aliphatic heterocycles. The minimum Gasteiger partial charge on any atom is -0.480 e. The van der Waals surface area contributed by atoms with E-state index in [1.165, 1.54) is 0 Å². The molecule has 6 nitrogen and oxygen atoms in total. The van der Waals surface area contributed by atoms with Crippen molar-refractivity contribution < 1.29 is 19.1 Å². The summed E-state index contributed by atoms with van der Waals surface area (Å²) in [5, 5.41) is 12.9. The number of aromatic nitrogens is 1. The highest BCUT2D eigenvalue weighted by atomic mass is 35.5. The highest BCUT2D eigenvalue weighted by Gasteiger charge is 2.42. The predicted molar refractivity (Wildman–Crippen MR) is 101 cm³/mol. The van der Waals surface area contributed by atoms with Crippen LogP contribution in [0.5, 0.6) is 0 Å². The van der Waals surface area contributed by atoms with E-state index >= 15 is 0 Å². The Hall–Kier alpha value is -2.34. The predicted octanol–water partition coefficient (Wildman–Crippen LogP) is 4.08. The second-order valence-corrected chi connectivity index (χ2v) is 7.62. The molecule has 0 saturated heterocycles. The van der Waals surface area contributed by atoms with Crippen LogP contribution in [-0.2, 0) is 16.0 Å². The maximum Gasteiger partial charge on any atom is 0.329 e. The number of carboxylic acid groups (broad SMARTS) is 1. The van der Waals surface area contributed by atoms with Gasteiger partial charge in [0.2, 0.25) is 5.91 Å². The summed E-state index contributed by atoms with van der Waals surface area (Å²) in [4.78, 5) is 28.3. The van der Waals surface area contributed by atoms with E-state index in [1.54, 1.807) is 12.3 Å². The summed E-state index contributed by atoms with van der Waals surface area (Å²) in [5.74, 6) is 0.190. The molecule has 27 heavy (non-hydrogen) atoms. The number of benzene rings is 1. The number of rotatable bonds is 6. The topological polar surface area (TPSA) is 92.4 Å². The highest BCUT2D eigenvalue weighted by Crippen LogP contribution is 2.32. The van der Waals surface area contributed by atoms with Gasteiger partial charge in [0.25, 0.3) is 0 Å². The molecule has 1 fully saturated rings. The van der Waals surface area contributed by atoms with Crippen molar-refractivity contribution in [2.24, 2.45) is 5.92 Å². The lowest BCUT2D eigenvalue weighted by Gasteiger charge is -2.36. The Kier molecular flexibility index (Phi) is 5.85. The number of hydrogen-bond donors (Lipinski definition) is 2. The van der Waals surface area contributed by atoms with Gasteiger partial charge in [-0.3, -0.25) is 4.79 Å². The molecule has 1 heterocycles. The zero-order valence-corrected chi connectivity index (χ0v) is 16.0. The standard InChI is InChI=1S/C20H23ClN2O4/c1-13-8-10-20(11-9-13,19(25)26)23-17(24)6-7-18-22-12-16(27-18)14-4-2-3-5-15(14)21/h2-5,12-13H,6-11H2,1H3,(H,23,24)(H,25,26). The molecule has 0 radical (unpaired) electrons. The number of amides is 1. The third-order valence-corrected chi connectivity index (χ3v) is 5.50. The van der Waals surface area contributed by atoms with Crippen molar-refractivity contribution in [3.63, 3.8) is 0 Å². The molecule has 1 saturated carbocycles. The van der Waals surface area contributed by atoms with Gasteiger partial charge < -0.3 is 14.8 Å². The van der Waals surface area contributed by atoms with Crippen molar-refractivity contribution in [3.8, 4) is 11.3 Å². The van der Waals surface area contributed by atoms with Crippen LogP contribution in [-0.4, -0.2) is 27.5 Å². The summed E-state index contributed by atoms with van der Waals surface area (Å²) in [6.07, 6.45) is 4.52. The van der Waals surface area contributed by atoms with Crippen LogP contribution in [0.25, 0.3) is 11.3 Å². The van der Waals surface area contributed by atoms with Gasteiger partial charge in [-0.25, -0.2) is 9.78 Å². The first-order valence-corrected chi connectivity index (χ1v) is 9.51. The summed E-state index contributed by atoms with van der Waals surface area (Å²) in [6.45, 7) is 2.10. The summed E-state index contributed by atoms with van der Waals surface area (Å²) in [7, 11) is 0. The molecule has 1 aromatic carbocycles. The minimum atomic E-state index is -1.15. The monoisotopic (exact) mass is 390 g/mol. The highest BCUT2D eigenvalue weighted by molar-refractivity contribution is 6.33. The van der Waals surface area contributed by atoms with Crippen molar-refractivity contribution >= 4 is 23.5 Å². The third kappa shape index (κ3) is 4.50. The number of aryl methyl sites for hydroxylation is 1. The van der Waals surface area contributed by atoms with Gasteiger partial charge in [-0.05, 0) is 43.7 Å². The lowest BCUT2D eigenvalue weighted by Crippen LogP contribution is -2.56. The Morgan fingerprint density at radius 1 is 1.33 bits per heavy atom. The van der Waals surface area contributed by atoms with Gasteiger partial charge in [-0.2, -0.15) is 0 Å². The largest absolute Gasteiger partial charge is 0.480 e. The normalized spacial score (nSPS) is 22.4. The summed E-state index contributed by atoms with van der Waals surface area (Å²) in [5.41, 5.74) is -0.411. The van der Waals surface area contributed by atoms with Crippen LogP contribution in [0.2, 0.25) is 5.02 Å². The van der Waals surface area contributed by atoms with Crippen LogP contribution in [0.4, 0.5) is 0 Å². The second kappa shape index (κ2) is 8.13. The summed E-state index contributed by atoms with van der Waals surface area (Å²) < 4.78 is 5.69.